The van der Waals surface area contributed by atoms with Crippen LogP contribution in [0.5, 0.6) is 0 Å². The Labute approximate surface area is 145 Å². The van der Waals surface area contributed by atoms with Crippen LogP contribution in [-0.4, -0.2) is 41.8 Å². The van der Waals surface area contributed by atoms with Gasteiger partial charge in [0.2, 0.25) is 11.6 Å². The Morgan fingerprint density at radius 3 is 2.81 bits per heavy atom. The van der Waals surface area contributed by atoms with E-state index in [1.807, 2.05) is 29.2 Å². The SMILES string of the molecule is OC1(c2noc(-c3nnc4n3C3=CN(F)CN3c3ccccc3-4)n2)CC1. The maximum absolute atomic E-state index is 14.0. The number of hydrogen-bond donors (Lipinski definition) is 1. The van der Waals surface area contributed by atoms with Crippen LogP contribution in [0.15, 0.2) is 35.0 Å². The van der Waals surface area contributed by atoms with E-state index in [1.54, 1.807) is 4.57 Å². The van der Waals surface area contributed by atoms with Crippen molar-refractivity contribution >= 4 is 11.5 Å². The molecule has 0 amide bonds. The average Bonchev–Trinajstić information content (AvgIpc) is 3.05. The van der Waals surface area contributed by atoms with Crippen molar-refractivity contribution in [2.24, 2.45) is 0 Å². The van der Waals surface area contributed by atoms with Crippen LogP contribution < -0.4 is 4.90 Å². The van der Waals surface area contributed by atoms with E-state index in [9.17, 15) is 9.59 Å². The Morgan fingerprint density at radius 2 is 1.96 bits per heavy atom. The normalized spacial score (nSPS) is 19.1. The van der Waals surface area contributed by atoms with Gasteiger partial charge in [0.15, 0.2) is 5.82 Å². The summed E-state index contributed by atoms with van der Waals surface area (Å²) < 4.78 is 21.0. The lowest BCUT2D eigenvalue weighted by Gasteiger charge is -2.29. The van der Waals surface area contributed by atoms with Gasteiger partial charge in [-0.1, -0.05) is 21.8 Å². The molecule has 26 heavy (non-hydrogen) atoms. The van der Waals surface area contributed by atoms with Gasteiger partial charge < -0.3 is 14.5 Å². The van der Waals surface area contributed by atoms with E-state index < -0.39 is 5.60 Å². The molecule has 0 saturated heterocycles. The van der Waals surface area contributed by atoms with E-state index in [4.69, 9.17) is 4.52 Å². The molecule has 9 nitrogen and oxygen atoms in total. The number of benzene rings is 1. The first-order chi connectivity index (χ1) is 12.6. The Bertz CT molecular complexity index is 1080. The van der Waals surface area contributed by atoms with Crippen molar-refractivity contribution < 1.29 is 14.1 Å². The number of aromatic nitrogens is 5. The summed E-state index contributed by atoms with van der Waals surface area (Å²) in [6.07, 6.45) is 2.58. The summed E-state index contributed by atoms with van der Waals surface area (Å²) in [6.45, 7) is 0.0677. The topological polar surface area (TPSA) is 96.3 Å². The Balaban J connectivity index is 1.56. The standard InChI is InChI=1S/C16H12FN7O2/c17-22-7-11-23(8-22)10-4-2-1-3-9(10)12-19-20-13(24(11)12)14-18-15(21-26-14)16(25)5-6-16/h1-4,7,25H,5-6,8H2. The number of fused-ring (bicyclic) bond motifs is 6. The molecule has 1 fully saturated rings. The molecular formula is C16H12FN7O2. The largest absolute Gasteiger partial charge is 0.382 e. The number of aliphatic hydroxyl groups is 1. The maximum Gasteiger partial charge on any atom is 0.296 e. The molecule has 0 bridgehead atoms. The van der Waals surface area contributed by atoms with Gasteiger partial charge >= 0.3 is 0 Å². The molecule has 3 aliphatic rings. The summed E-state index contributed by atoms with van der Waals surface area (Å²) >= 11 is 0. The molecule has 4 heterocycles. The molecule has 1 aromatic carbocycles. The van der Waals surface area contributed by atoms with Gasteiger partial charge in [-0.25, -0.2) is 0 Å². The molecule has 1 saturated carbocycles. The molecule has 0 spiro atoms. The van der Waals surface area contributed by atoms with Crippen molar-refractivity contribution in [3.05, 3.63) is 36.3 Å². The van der Waals surface area contributed by atoms with E-state index in [2.05, 4.69) is 20.3 Å². The summed E-state index contributed by atoms with van der Waals surface area (Å²) in [7, 11) is 0. The van der Waals surface area contributed by atoms with Crippen LogP contribution in [-0.2, 0) is 5.60 Å². The quantitative estimate of drug-likeness (QED) is 0.696. The molecule has 0 unspecified atom stereocenters. The fourth-order valence-electron chi connectivity index (χ4n) is 3.38. The van der Waals surface area contributed by atoms with Gasteiger partial charge in [-0.15, -0.1) is 10.2 Å². The van der Waals surface area contributed by atoms with Gasteiger partial charge in [-0.2, -0.15) is 10.1 Å². The van der Waals surface area contributed by atoms with Crippen LogP contribution >= 0.6 is 0 Å². The van der Waals surface area contributed by atoms with Crippen LogP contribution in [0.1, 0.15) is 18.7 Å². The van der Waals surface area contributed by atoms with Gasteiger partial charge in [0.25, 0.3) is 5.89 Å². The van der Waals surface area contributed by atoms with Crippen LogP contribution in [0.4, 0.5) is 10.2 Å². The second-order valence-electron chi connectivity index (χ2n) is 6.61. The highest BCUT2D eigenvalue weighted by atomic mass is 19.2. The molecule has 2 aliphatic heterocycles. The van der Waals surface area contributed by atoms with Crippen LogP contribution in [0.2, 0.25) is 0 Å². The molecule has 130 valence electrons. The van der Waals surface area contributed by atoms with Crippen molar-refractivity contribution in [3.8, 4) is 23.1 Å². The zero-order valence-electron chi connectivity index (χ0n) is 13.4. The highest BCUT2D eigenvalue weighted by Crippen LogP contribution is 2.45. The van der Waals surface area contributed by atoms with E-state index in [0.717, 1.165) is 11.3 Å². The highest BCUT2D eigenvalue weighted by molar-refractivity contribution is 5.89. The third-order valence-corrected chi connectivity index (χ3v) is 4.89. The first-order valence-corrected chi connectivity index (χ1v) is 8.18. The third kappa shape index (κ3) is 1.71. The van der Waals surface area contributed by atoms with E-state index >= 15 is 0 Å². The predicted octanol–water partition coefficient (Wildman–Crippen LogP) is 1.71. The fourth-order valence-corrected chi connectivity index (χ4v) is 3.38. The van der Waals surface area contributed by atoms with Gasteiger partial charge in [-0.3, -0.25) is 4.57 Å². The molecule has 3 aromatic rings. The van der Waals surface area contributed by atoms with Crippen LogP contribution in [0.3, 0.4) is 0 Å². The third-order valence-electron chi connectivity index (χ3n) is 4.89. The zero-order valence-corrected chi connectivity index (χ0v) is 13.4. The zero-order chi connectivity index (χ0) is 17.5. The van der Waals surface area contributed by atoms with Crippen molar-refractivity contribution in [2.45, 2.75) is 18.4 Å². The second-order valence-corrected chi connectivity index (χ2v) is 6.61. The van der Waals surface area contributed by atoms with Crippen LogP contribution in [0, 0.1) is 0 Å². The predicted molar refractivity (Wildman–Crippen MR) is 86.4 cm³/mol. The monoisotopic (exact) mass is 353 g/mol. The number of hydrogen-bond acceptors (Lipinski definition) is 8. The van der Waals surface area contributed by atoms with Crippen molar-refractivity contribution in [1.29, 1.82) is 0 Å². The minimum absolute atomic E-state index is 0.0677. The molecule has 0 atom stereocenters. The number of rotatable bonds is 2. The summed E-state index contributed by atoms with van der Waals surface area (Å²) in [5.41, 5.74) is 0.677. The Morgan fingerprint density at radius 1 is 1.15 bits per heavy atom. The Hall–Kier alpha value is -3.27. The second kappa shape index (κ2) is 4.47. The molecule has 1 N–H and O–H groups in total. The fraction of sp³-hybridized carbons (Fsp3) is 0.250. The van der Waals surface area contributed by atoms with Crippen molar-refractivity contribution in [1.82, 2.24) is 30.0 Å². The maximum atomic E-state index is 14.0. The highest BCUT2D eigenvalue weighted by Gasteiger charge is 2.47. The van der Waals surface area contributed by atoms with Gasteiger partial charge in [0.05, 0.1) is 11.9 Å². The first kappa shape index (κ1) is 14.0. The van der Waals surface area contributed by atoms with Gasteiger partial charge in [0, 0.05) is 5.56 Å². The summed E-state index contributed by atoms with van der Waals surface area (Å²) in [5.74, 6) is 1.82. The van der Waals surface area contributed by atoms with E-state index in [1.165, 1.54) is 6.20 Å². The van der Waals surface area contributed by atoms with Crippen molar-refractivity contribution in [2.75, 3.05) is 11.6 Å². The van der Waals surface area contributed by atoms with Gasteiger partial charge in [-0.05, 0) is 25.0 Å². The first-order valence-electron chi connectivity index (χ1n) is 8.18. The summed E-state index contributed by atoms with van der Waals surface area (Å²) in [5, 5.41) is 23.1. The smallest absolute Gasteiger partial charge is 0.296 e. The molecule has 10 heteroatoms. The molecular weight excluding hydrogens is 341 g/mol. The van der Waals surface area contributed by atoms with E-state index in [0.29, 0.717) is 35.4 Å². The number of halogens is 1. The summed E-state index contributed by atoms with van der Waals surface area (Å²) in [6, 6.07) is 7.60. The van der Waals surface area contributed by atoms with Crippen molar-refractivity contribution in [3.63, 3.8) is 0 Å². The lowest BCUT2D eigenvalue weighted by Crippen LogP contribution is -2.28. The average molecular weight is 353 g/mol. The minimum Gasteiger partial charge on any atom is -0.382 e. The Kier molecular flexibility index (Phi) is 2.40. The van der Waals surface area contributed by atoms with Crippen LogP contribution in [0.25, 0.3) is 28.9 Å². The lowest BCUT2D eigenvalue weighted by molar-refractivity contribution is 0.104. The van der Waals surface area contributed by atoms with E-state index in [-0.39, 0.29) is 18.4 Å². The molecule has 1 aliphatic carbocycles. The lowest BCUT2D eigenvalue weighted by atomic mass is 10.1. The molecule has 0 radical (unpaired) electrons. The van der Waals surface area contributed by atoms with Gasteiger partial charge in [0.1, 0.15) is 18.1 Å². The minimum atomic E-state index is -1.01. The molecule has 2 aromatic heterocycles. The number of nitrogens with zero attached hydrogens (tertiary/aromatic N) is 7. The number of anilines is 1. The molecule has 6 rings (SSSR count). The summed E-state index contributed by atoms with van der Waals surface area (Å²) in [4.78, 5) is 6.10. The number of para-hydroxylation sites is 1.